The second-order valence-electron chi connectivity index (χ2n) is 5.96. The fourth-order valence-electron chi connectivity index (χ4n) is 3.12. The normalized spacial score (nSPS) is 16.4. The van der Waals surface area contributed by atoms with E-state index in [2.05, 4.69) is 12.1 Å². The molecule has 4 rings (SSSR count). The van der Waals surface area contributed by atoms with E-state index in [1.165, 1.54) is 10.5 Å². The van der Waals surface area contributed by atoms with Crippen molar-refractivity contribution in [3.63, 3.8) is 0 Å². The zero-order valence-corrected chi connectivity index (χ0v) is 14.2. The third kappa shape index (κ3) is 3.06. The molecule has 24 heavy (non-hydrogen) atoms. The fourth-order valence-corrected chi connectivity index (χ4v) is 4.12. The van der Waals surface area contributed by atoms with Crippen LogP contribution in [-0.2, 0) is 11.2 Å². The SMILES string of the molecule is O=C(/C=C/c1ccc2c(c1)CCO2)N1CCCSc2ccccc21. The number of thioether (sulfide) groups is 1. The van der Waals surface area contributed by atoms with Gasteiger partial charge in [-0.2, -0.15) is 0 Å². The van der Waals surface area contributed by atoms with Gasteiger partial charge < -0.3 is 9.64 Å². The van der Waals surface area contributed by atoms with Crippen LogP contribution in [-0.4, -0.2) is 24.8 Å². The third-order valence-corrected chi connectivity index (χ3v) is 5.49. The van der Waals surface area contributed by atoms with Crippen molar-refractivity contribution in [1.29, 1.82) is 0 Å². The molecule has 0 fully saturated rings. The number of fused-ring (bicyclic) bond motifs is 2. The summed E-state index contributed by atoms with van der Waals surface area (Å²) >= 11 is 1.83. The molecule has 2 aromatic carbocycles. The van der Waals surface area contributed by atoms with Crippen LogP contribution in [0.5, 0.6) is 5.75 Å². The van der Waals surface area contributed by atoms with Crippen LogP contribution in [0.25, 0.3) is 6.08 Å². The molecule has 0 saturated carbocycles. The lowest BCUT2D eigenvalue weighted by molar-refractivity contribution is -0.114. The summed E-state index contributed by atoms with van der Waals surface area (Å²) in [6.07, 6.45) is 5.54. The van der Waals surface area contributed by atoms with Crippen LogP contribution >= 0.6 is 11.8 Å². The predicted octanol–water partition coefficient (Wildman–Crippen LogP) is 4.16. The number of amides is 1. The van der Waals surface area contributed by atoms with Gasteiger partial charge >= 0.3 is 0 Å². The first kappa shape index (κ1) is 15.3. The van der Waals surface area contributed by atoms with Crippen molar-refractivity contribution in [3.05, 3.63) is 59.7 Å². The highest BCUT2D eigenvalue weighted by molar-refractivity contribution is 7.99. The molecule has 2 aromatic rings. The van der Waals surface area contributed by atoms with Crippen molar-refractivity contribution >= 4 is 29.4 Å². The summed E-state index contributed by atoms with van der Waals surface area (Å²) in [7, 11) is 0. The number of para-hydroxylation sites is 1. The molecule has 1 amide bonds. The van der Waals surface area contributed by atoms with Crippen molar-refractivity contribution in [2.45, 2.75) is 17.7 Å². The fraction of sp³-hybridized carbons (Fsp3) is 0.250. The Morgan fingerprint density at radius 2 is 2.12 bits per heavy atom. The van der Waals surface area contributed by atoms with Gasteiger partial charge in [-0.15, -0.1) is 11.8 Å². The highest BCUT2D eigenvalue weighted by Crippen LogP contribution is 2.33. The number of anilines is 1. The second kappa shape index (κ2) is 6.73. The van der Waals surface area contributed by atoms with Crippen molar-refractivity contribution in [1.82, 2.24) is 0 Å². The summed E-state index contributed by atoms with van der Waals surface area (Å²) < 4.78 is 5.53. The summed E-state index contributed by atoms with van der Waals surface area (Å²) in [5, 5.41) is 0. The molecule has 2 heterocycles. The smallest absolute Gasteiger partial charge is 0.251 e. The first-order chi connectivity index (χ1) is 11.8. The summed E-state index contributed by atoms with van der Waals surface area (Å²) in [5.74, 6) is 2.06. The number of rotatable bonds is 2. The van der Waals surface area contributed by atoms with Gasteiger partial charge in [0.15, 0.2) is 0 Å². The van der Waals surface area contributed by atoms with Gasteiger partial charge in [0.05, 0.1) is 12.3 Å². The number of nitrogens with zero attached hydrogens (tertiary/aromatic N) is 1. The summed E-state index contributed by atoms with van der Waals surface area (Å²) in [4.78, 5) is 15.8. The standard InChI is InChI=1S/C20H19NO2S/c22-20(9-7-15-6-8-18-16(14-15)10-12-23-18)21-11-3-13-24-19-5-2-1-4-17(19)21/h1-2,4-9,14H,3,10-13H2/b9-7+. The topological polar surface area (TPSA) is 29.5 Å². The zero-order valence-electron chi connectivity index (χ0n) is 13.4. The van der Waals surface area contributed by atoms with E-state index in [4.69, 9.17) is 4.74 Å². The maximum Gasteiger partial charge on any atom is 0.251 e. The molecular formula is C20H19NO2S. The van der Waals surface area contributed by atoms with Crippen molar-refractivity contribution in [3.8, 4) is 5.75 Å². The molecule has 0 spiro atoms. The zero-order chi connectivity index (χ0) is 16.4. The molecule has 0 aliphatic carbocycles. The van der Waals surface area contributed by atoms with Crippen LogP contribution in [0, 0.1) is 0 Å². The highest BCUT2D eigenvalue weighted by atomic mass is 32.2. The summed E-state index contributed by atoms with van der Waals surface area (Å²) in [6.45, 7) is 1.52. The number of hydrogen-bond acceptors (Lipinski definition) is 3. The van der Waals surface area contributed by atoms with E-state index in [1.807, 2.05) is 53.1 Å². The first-order valence-electron chi connectivity index (χ1n) is 8.28. The molecule has 0 aromatic heterocycles. The molecule has 3 nitrogen and oxygen atoms in total. The quantitative estimate of drug-likeness (QED) is 0.771. The van der Waals surface area contributed by atoms with Gasteiger partial charge in [-0.1, -0.05) is 18.2 Å². The molecule has 122 valence electrons. The number of carbonyl (C=O) groups excluding carboxylic acids is 1. The Morgan fingerprint density at radius 3 is 3.08 bits per heavy atom. The van der Waals surface area contributed by atoms with E-state index in [0.717, 1.165) is 48.7 Å². The predicted molar refractivity (Wildman–Crippen MR) is 98.8 cm³/mol. The van der Waals surface area contributed by atoms with Gasteiger partial charge in [-0.05, 0) is 53.6 Å². The summed E-state index contributed by atoms with van der Waals surface area (Å²) in [6, 6.07) is 14.3. The van der Waals surface area contributed by atoms with Crippen LogP contribution in [0.4, 0.5) is 5.69 Å². The van der Waals surface area contributed by atoms with Gasteiger partial charge in [0.25, 0.3) is 5.91 Å². The second-order valence-corrected chi connectivity index (χ2v) is 7.10. The third-order valence-electron chi connectivity index (χ3n) is 4.34. The molecule has 0 bridgehead atoms. The maximum absolute atomic E-state index is 12.7. The first-order valence-corrected chi connectivity index (χ1v) is 9.27. The monoisotopic (exact) mass is 337 g/mol. The Labute approximate surface area is 146 Å². The van der Waals surface area contributed by atoms with E-state index in [1.54, 1.807) is 6.08 Å². The number of carbonyl (C=O) groups is 1. The lowest BCUT2D eigenvalue weighted by Gasteiger charge is -2.20. The van der Waals surface area contributed by atoms with Crippen LogP contribution in [0.15, 0.2) is 53.4 Å². The minimum atomic E-state index is 0.0432. The van der Waals surface area contributed by atoms with Gasteiger partial charge in [-0.3, -0.25) is 4.79 Å². The number of hydrogen-bond donors (Lipinski definition) is 0. The molecular weight excluding hydrogens is 318 g/mol. The van der Waals surface area contributed by atoms with E-state index < -0.39 is 0 Å². The van der Waals surface area contributed by atoms with E-state index in [0.29, 0.717) is 0 Å². The Kier molecular flexibility index (Phi) is 4.30. The van der Waals surface area contributed by atoms with Crippen molar-refractivity contribution in [2.75, 3.05) is 23.8 Å². The number of benzene rings is 2. The molecule has 2 aliphatic rings. The molecule has 0 N–H and O–H groups in total. The number of ether oxygens (including phenoxy) is 1. The summed E-state index contributed by atoms with van der Waals surface area (Å²) in [5.41, 5.74) is 3.29. The van der Waals surface area contributed by atoms with Gasteiger partial charge in [0.1, 0.15) is 5.75 Å². The van der Waals surface area contributed by atoms with Crippen molar-refractivity contribution < 1.29 is 9.53 Å². The van der Waals surface area contributed by atoms with E-state index in [9.17, 15) is 4.79 Å². The molecule has 0 atom stereocenters. The average Bonchev–Trinajstić information content (AvgIpc) is 2.97. The molecule has 0 radical (unpaired) electrons. The Morgan fingerprint density at radius 1 is 1.21 bits per heavy atom. The minimum Gasteiger partial charge on any atom is -0.493 e. The largest absolute Gasteiger partial charge is 0.493 e. The van der Waals surface area contributed by atoms with Crippen LogP contribution < -0.4 is 9.64 Å². The van der Waals surface area contributed by atoms with Crippen LogP contribution in [0.2, 0.25) is 0 Å². The maximum atomic E-state index is 12.7. The van der Waals surface area contributed by atoms with Crippen LogP contribution in [0.1, 0.15) is 17.5 Å². The Bertz CT molecular complexity index is 800. The molecule has 0 saturated heterocycles. The van der Waals surface area contributed by atoms with E-state index >= 15 is 0 Å². The minimum absolute atomic E-state index is 0.0432. The van der Waals surface area contributed by atoms with Crippen LogP contribution in [0.3, 0.4) is 0 Å². The van der Waals surface area contributed by atoms with Gasteiger partial charge in [0, 0.05) is 23.9 Å². The highest BCUT2D eigenvalue weighted by Gasteiger charge is 2.19. The lowest BCUT2D eigenvalue weighted by atomic mass is 10.1. The van der Waals surface area contributed by atoms with E-state index in [-0.39, 0.29) is 5.91 Å². The Balaban J connectivity index is 1.55. The average molecular weight is 337 g/mol. The van der Waals surface area contributed by atoms with Gasteiger partial charge in [0.2, 0.25) is 0 Å². The van der Waals surface area contributed by atoms with Gasteiger partial charge in [-0.25, -0.2) is 0 Å². The van der Waals surface area contributed by atoms with Crippen molar-refractivity contribution in [2.24, 2.45) is 0 Å². The lowest BCUT2D eigenvalue weighted by Crippen LogP contribution is -2.30. The Hall–Kier alpha value is -2.20. The molecule has 2 aliphatic heterocycles. The molecule has 4 heteroatoms. The molecule has 0 unspecified atom stereocenters.